The third-order valence-corrected chi connectivity index (χ3v) is 5.11. The van der Waals surface area contributed by atoms with E-state index >= 15 is 0 Å². The second-order valence-corrected chi connectivity index (χ2v) is 6.89. The van der Waals surface area contributed by atoms with Crippen molar-refractivity contribution < 1.29 is 5.11 Å². The molecule has 108 valence electrons. The molecular formula is C15H26N2OS. The fourth-order valence-electron chi connectivity index (χ4n) is 2.81. The Hall–Kier alpha value is -0.420. The first-order chi connectivity index (χ1) is 9.15. The standard InChI is InChI=1S/C15H26N2OS/c1-13(2)17-8-4-6-15(12-18,7-9-17)16-11-14-5-3-10-19-14/h3,5,10,13,16,18H,4,6-9,11-12H2,1-2H3. The molecule has 4 heteroatoms. The van der Waals surface area contributed by atoms with E-state index in [0.29, 0.717) is 6.04 Å². The number of aliphatic hydroxyl groups is 1. The highest BCUT2D eigenvalue weighted by atomic mass is 32.1. The summed E-state index contributed by atoms with van der Waals surface area (Å²) in [4.78, 5) is 3.86. The Kier molecular flexibility index (Phi) is 5.39. The van der Waals surface area contributed by atoms with E-state index in [2.05, 4.69) is 41.6 Å². The molecule has 1 aliphatic heterocycles. The normalized spacial score (nSPS) is 25.7. The van der Waals surface area contributed by atoms with Gasteiger partial charge in [-0.3, -0.25) is 0 Å². The van der Waals surface area contributed by atoms with E-state index in [1.807, 2.05) is 0 Å². The number of likely N-dealkylation sites (tertiary alicyclic amines) is 1. The monoisotopic (exact) mass is 282 g/mol. The number of nitrogens with one attached hydrogen (secondary N) is 1. The number of aliphatic hydroxyl groups excluding tert-OH is 1. The number of nitrogens with zero attached hydrogens (tertiary/aromatic N) is 1. The second-order valence-electron chi connectivity index (χ2n) is 5.85. The van der Waals surface area contributed by atoms with E-state index in [4.69, 9.17) is 0 Å². The van der Waals surface area contributed by atoms with Crippen LogP contribution in [0.1, 0.15) is 38.0 Å². The van der Waals surface area contributed by atoms with Crippen LogP contribution in [0.3, 0.4) is 0 Å². The van der Waals surface area contributed by atoms with Crippen molar-refractivity contribution in [2.75, 3.05) is 19.7 Å². The van der Waals surface area contributed by atoms with Gasteiger partial charge in [-0.1, -0.05) is 6.07 Å². The van der Waals surface area contributed by atoms with Crippen molar-refractivity contribution in [2.24, 2.45) is 0 Å². The Labute approximate surface area is 120 Å². The highest BCUT2D eigenvalue weighted by Crippen LogP contribution is 2.24. The van der Waals surface area contributed by atoms with Crippen LogP contribution in [0.2, 0.25) is 0 Å². The predicted octanol–water partition coefficient (Wildman–Crippen LogP) is 2.46. The second kappa shape index (κ2) is 6.84. The lowest BCUT2D eigenvalue weighted by Gasteiger charge is -2.32. The van der Waals surface area contributed by atoms with E-state index in [0.717, 1.165) is 38.9 Å². The summed E-state index contributed by atoms with van der Waals surface area (Å²) >= 11 is 1.78. The van der Waals surface area contributed by atoms with Gasteiger partial charge in [-0.05, 0) is 51.1 Å². The van der Waals surface area contributed by atoms with Crippen LogP contribution < -0.4 is 5.32 Å². The third kappa shape index (κ3) is 4.02. The molecule has 2 N–H and O–H groups in total. The highest BCUT2D eigenvalue weighted by Gasteiger charge is 2.32. The summed E-state index contributed by atoms with van der Waals surface area (Å²) in [5.41, 5.74) is -0.0897. The summed E-state index contributed by atoms with van der Waals surface area (Å²) < 4.78 is 0. The van der Waals surface area contributed by atoms with Crippen molar-refractivity contribution in [3.8, 4) is 0 Å². The molecule has 0 amide bonds. The summed E-state index contributed by atoms with van der Waals surface area (Å²) in [5.74, 6) is 0. The lowest BCUT2D eigenvalue weighted by Crippen LogP contribution is -2.48. The largest absolute Gasteiger partial charge is 0.394 e. The molecule has 0 bridgehead atoms. The summed E-state index contributed by atoms with van der Waals surface area (Å²) in [6, 6.07) is 4.84. The van der Waals surface area contributed by atoms with Gasteiger partial charge in [0, 0.05) is 29.5 Å². The lowest BCUT2D eigenvalue weighted by atomic mass is 9.91. The average molecular weight is 282 g/mol. The van der Waals surface area contributed by atoms with E-state index in [1.54, 1.807) is 11.3 Å². The average Bonchev–Trinajstić information content (AvgIpc) is 2.82. The van der Waals surface area contributed by atoms with E-state index < -0.39 is 0 Å². The van der Waals surface area contributed by atoms with Crippen molar-refractivity contribution in [1.82, 2.24) is 10.2 Å². The van der Waals surface area contributed by atoms with Crippen LogP contribution >= 0.6 is 11.3 Å². The SMILES string of the molecule is CC(C)N1CCCC(CO)(NCc2cccs2)CC1. The Morgan fingerprint density at radius 2 is 2.26 bits per heavy atom. The van der Waals surface area contributed by atoms with Gasteiger partial charge in [0.05, 0.1) is 6.61 Å². The maximum atomic E-state index is 9.84. The number of thiophene rings is 1. The molecule has 1 aliphatic rings. The molecule has 1 fully saturated rings. The molecule has 0 radical (unpaired) electrons. The van der Waals surface area contributed by atoms with Crippen molar-refractivity contribution in [3.63, 3.8) is 0 Å². The molecule has 3 nitrogen and oxygen atoms in total. The van der Waals surface area contributed by atoms with Gasteiger partial charge in [0.1, 0.15) is 0 Å². The van der Waals surface area contributed by atoms with E-state index in [9.17, 15) is 5.11 Å². The van der Waals surface area contributed by atoms with Gasteiger partial charge in [-0.15, -0.1) is 11.3 Å². The fraction of sp³-hybridized carbons (Fsp3) is 0.733. The molecular weight excluding hydrogens is 256 g/mol. The van der Waals surface area contributed by atoms with Gasteiger partial charge in [0.2, 0.25) is 0 Å². The summed E-state index contributed by atoms with van der Waals surface area (Å²) in [7, 11) is 0. The molecule has 1 atom stereocenters. The highest BCUT2D eigenvalue weighted by molar-refractivity contribution is 7.09. The zero-order valence-electron chi connectivity index (χ0n) is 12.1. The van der Waals surface area contributed by atoms with Crippen LogP contribution in [0.25, 0.3) is 0 Å². The van der Waals surface area contributed by atoms with Crippen molar-refractivity contribution >= 4 is 11.3 Å². The molecule has 0 aromatic carbocycles. The molecule has 19 heavy (non-hydrogen) atoms. The molecule has 0 aliphatic carbocycles. The molecule has 2 heterocycles. The summed E-state index contributed by atoms with van der Waals surface area (Å²) in [6.07, 6.45) is 3.27. The molecule has 0 spiro atoms. The minimum atomic E-state index is -0.0897. The number of hydrogen-bond donors (Lipinski definition) is 2. The van der Waals surface area contributed by atoms with Gasteiger partial charge >= 0.3 is 0 Å². The first-order valence-corrected chi connectivity index (χ1v) is 8.15. The van der Waals surface area contributed by atoms with Crippen LogP contribution in [-0.2, 0) is 6.54 Å². The van der Waals surface area contributed by atoms with Crippen LogP contribution in [-0.4, -0.2) is 41.3 Å². The van der Waals surface area contributed by atoms with Gasteiger partial charge in [-0.25, -0.2) is 0 Å². The molecule has 2 rings (SSSR count). The maximum absolute atomic E-state index is 9.84. The first-order valence-electron chi connectivity index (χ1n) is 7.27. The Balaban J connectivity index is 1.93. The van der Waals surface area contributed by atoms with Crippen LogP contribution in [0.4, 0.5) is 0 Å². The summed E-state index contributed by atoms with van der Waals surface area (Å²) in [5, 5.41) is 15.6. The number of hydrogen-bond acceptors (Lipinski definition) is 4. The first kappa shape index (κ1) is 15.0. The quantitative estimate of drug-likeness (QED) is 0.871. The zero-order chi connectivity index (χ0) is 13.7. The van der Waals surface area contributed by atoms with E-state index in [1.165, 1.54) is 4.88 Å². The molecule has 1 aromatic rings. The smallest absolute Gasteiger partial charge is 0.0613 e. The number of rotatable bonds is 5. The lowest BCUT2D eigenvalue weighted by molar-refractivity contribution is 0.138. The van der Waals surface area contributed by atoms with E-state index in [-0.39, 0.29) is 12.1 Å². The summed E-state index contributed by atoms with van der Waals surface area (Å²) in [6.45, 7) is 7.86. The minimum Gasteiger partial charge on any atom is -0.394 e. The van der Waals surface area contributed by atoms with Crippen molar-refractivity contribution in [2.45, 2.75) is 51.2 Å². The maximum Gasteiger partial charge on any atom is 0.0613 e. The van der Waals surface area contributed by atoms with Crippen molar-refractivity contribution in [1.29, 1.82) is 0 Å². The van der Waals surface area contributed by atoms with Crippen LogP contribution in [0, 0.1) is 0 Å². The molecule has 0 saturated carbocycles. The van der Waals surface area contributed by atoms with Crippen LogP contribution in [0.15, 0.2) is 17.5 Å². The van der Waals surface area contributed by atoms with Gasteiger partial charge in [-0.2, -0.15) is 0 Å². The van der Waals surface area contributed by atoms with Gasteiger partial charge in [0.25, 0.3) is 0 Å². The fourth-order valence-corrected chi connectivity index (χ4v) is 3.45. The molecule has 1 aromatic heterocycles. The third-order valence-electron chi connectivity index (χ3n) is 4.23. The van der Waals surface area contributed by atoms with Gasteiger partial charge in [0.15, 0.2) is 0 Å². The molecule has 1 saturated heterocycles. The molecule has 1 unspecified atom stereocenters. The topological polar surface area (TPSA) is 35.5 Å². The zero-order valence-corrected chi connectivity index (χ0v) is 12.9. The predicted molar refractivity (Wildman–Crippen MR) is 81.5 cm³/mol. The van der Waals surface area contributed by atoms with Crippen LogP contribution in [0.5, 0.6) is 0 Å². The van der Waals surface area contributed by atoms with Gasteiger partial charge < -0.3 is 15.3 Å². The minimum absolute atomic E-state index is 0.0897. The Morgan fingerprint density at radius 1 is 1.42 bits per heavy atom. The Morgan fingerprint density at radius 3 is 2.89 bits per heavy atom. The van der Waals surface area contributed by atoms with Crippen molar-refractivity contribution in [3.05, 3.63) is 22.4 Å². The Bertz CT molecular complexity index is 366.